The van der Waals surface area contributed by atoms with Crippen LogP contribution in [-0.2, 0) is 4.74 Å². The second-order valence-electron chi connectivity index (χ2n) is 6.84. The lowest BCUT2D eigenvalue weighted by molar-refractivity contribution is -0.384. The molecular formula is C21H20N4O4S. The highest BCUT2D eigenvalue weighted by Crippen LogP contribution is 2.28. The van der Waals surface area contributed by atoms with E-state index in [1.165, 1.54) is 12.1 Å². The molecule has 1 aromatic heterocycles. The third-order valence-corrected chi connectivity index (χ3v) is 5.60. The van der Waals surface area contributed by atoms with Crippen LogP contribution in [0, 0.1) is 17.0 Å². The van der Waals surface area contributed by atoms with Gasteiger partial charge >= 0.3 is 0 Å². The number of hydrogen-bond donors (Lipinski definition) is 1. The fraction of sp³-hybridized carbons (Fsp3) is 0.238. The number of benzene rings is 2. The van der Waals surface area contributed by atoms with Crippen molar-refractivity contribution in [3.63, 3.8) is 0 Å². The zero-order valence-electron chi connectivity index (χ0n) is 16.3. The highest BCUT2D eigenvalue weighted by molar-refractivity contribution is 7.09. The molecule has 9 heteroatoms. The van der Waals surface area contributed by atoms with Crippen LogP contribution in [-0.4, -0.2) is 42.1 Å². The first-order chi connectivity index (χ1) is 14.5. The maximum Gasteiger partial charge on any atom is 0.270 e. The van der Waals surface area contributed by atoms with Gasteiger partial charge in [-0.2, -0.15) is 0 Å². The van der Waals surface area contributed by atoms with E-state index in [2.05, 4.69) is 10.3 Å². The van der Waals surface area contributed by atoms with E-state index in [4.69, 9.17) is 4.74 Å². The average molecular weight is 424 g/mol. The molecule has 2 heterocycles. The van der Waals surface area contributed by atoms with E-state index in [1.54, 1.807) is 23.5 Å². The lowest BCUT2D eigenvalue weighted by Crippen LogP contribution is -2.37. The van der Waals surface area contributed by atoms with Crippen LogP contribution in [0.15, 0.2) is 47.8 Å². The van der Waals surface area contributed by atoms with Crippen LogP contribution < -0.4 is 10.2 Å². The molecule has 0 radical (unpaired) electrons. The van der Waals surface area contributed by atoms with E-state index in [9.17, 15) is 14.9 Å². The van der Waals surface area contributed by atoms with Gasteiger partial charge in [-0.3, -0.25) is 14.9 Å². The van der Waals surface area contributed by atoms with Gasteiger partial charge in [-0.15, -0.1) is 11.3 Å². The molecule has 1 fully saturated rings. The SMILES string of the molecule is Cc1nc(-c2cccc(NC(=O)c3cc([N+](=O)[O-])ccc3N3CCOCC3)c2)cs1. The Balaban J connectivity index is 1.64. The van der Waals surface area contributed by atoms with Crippen molar-refractivity contribution in [3.8, 4) is 11.3 Å². The summed E-state index contributed by atoms with van der Waals surface area (Å²) < 4.78 is 5.38. The molecule has 0 atom stereocenters. The fourth-order valence-corrected chi connectivity index (χ4v) is 3.97. The number of non-ortho nitro benzene ring substituents is 1. The van der Waals surface area contributed by atoms with Crippen LogP contribution in [0.1, 0.15) is 15.4 Å². The number of morpholine rings is 1. The van der Waals surface area contributed by atoms with Gasteiger partial charge < -0.3 is 15.0 Å². The van der Waals surface area contributed by atoms with Crippen molar-refractivity contribution < 1.29 is 14.5 Å². The third-order valence-electron chi connectivity index (χ3n) is 4.82. The van der Waals surface area contributed by atoms with Crippen LogP contribution in [0.2, 0.25) is 0 Å². The van der Waals surface area contributed by atoms with E-state index in [-0.39, 0.29) is 11.3 Å². The topological polar surface area (TPSA) is 97.6 Å². The standard InChI is InChI=1S/C21H20N4O4S/c1-14-22-19(13-30-14)15-3-2-4-16(11-15)23-21(26)18-12-17(25(27)28)5-6-20(18)24-7-9-29-10-8-24/h2-6,11-13H,7-10H2,1H3,(H,23,26). The molecule has 0 unspecified atom stereocenters. The lowest BCUT2D eigenvalue weighted by atomic mass is 10.1. The molecule has 8 nitrogen and oxygen atoms in total. The van der Waals surface area contributed by atoms with E-state index < -0.39 is 10.8 Å². The second kappa shape index (κ2) is 8.60. The third kappa shape index (κ3) is 4.32. The van der Waals surface area contributed by atoms with Gasteiger partial charge in [0.1, 0.15) is 0 Å². The highest BCUT2D eigenvalue weighted by atomic mass is 32.1. The number of hydrogen-bond acceptors (Lipinski definition) is 7. The van der Waals surface area contributed by atoms with Gasteiger partial charge in [0.2, 0.25) is 0 Å². The minimum Gasteiger partial charge on any atom is -0.378 e. The molecule has 2 aromatic carbocycles. The molecule has 0 bridgehead atoms. The largest absolute Gasteiger partial charge is 0.378 e. The monoisotopic (exact) mass is 424 g/mol. The first-order valence-electron chi connectivity index (χ1n) is 9.46. The zero-order chi connectivity index (χ0) is 21.1. The molecule has 1 saturated heterocycles. The smallest absolute Gasteiger partial charge is 0.270 e. The Kier molecular flexibility index (Phi) is 5.73. The number of anilines is 2. The molecular weight excluding hydrogens is 404 g/mol. The van der Waals surface area contributed by atoms with Crippen LogP contribution >= 0.6 is 11.3 Å². The van der Waals surface area contributed by atoms with Crippen molar-refractivity contribution in [2.75, 3.05) is 36.5 Å². The summed E-state index contributed by atoms with van der Waals surface area (Å²) in [4.78, 5) is 30.4. The number of aromatic nitrogens is 1. The van der Waals surface area contributed by atoms with Crippen LogP contribution in [0.5, 0.6) is 0 Å². The van der Waals surface area contributed by atoms with Gasteiger partial charge in [0, 0.05) is 41.9 Å². The number of nitrogens with zero attached hydrogens (tertiary/aromatic N) is 3. The van der Waals surface area contributed by atoms with Gasteiger partial charge in [-0.25, -0.2) is 4.98 Å². The lowest BCUT2D eigenvalue weighted by Gasteiger charge is -2.30. The number of carbonyl (C=O) groups is 1. The van der Waals surface area contributed by atoms with Gasteiger partial charge in [0.15, 0.2) is 0 Å². The molecule has 1 amide bonds. The van der Waals surface area contributed by atoms with Gasteiger partial charge in [0.25, 0.3) is 11.6 Å². The molecule has 3 aromatic rings. The zero-order valence-corrected chi connectivity index (χ0v) is 17.1. The minimum absolute atomic E-state index is 0.121. The number of nitrogens with one attached hydrogen (secondary N) is 1. The molecule has 0 aliphatic carbocycles. The number of aryl methyl sites for hydroxylation is 1. The molecule has 30 heavy (non-hydrogen) atoms. The summed E-state index contributed by atoms with van der Waals surface area (Å²) in [7, 11) is 0. The first-order valence-corrected chi connectivity index (χ1v) is 10.3. The quantitative estimate of drug-likeness (QED) is 0.489. The summed E-state index contributed by atoms with van der Waals surface area (Å²) in [6.45, 7) is 4.28. The second-order valence-corrected chi connectivity index (χ2v) is 7.91. The molecule has 0 spiro atoms. The van der Waals surface area contributed by atoms with Crippen molar-refractivity contribution in [1.29, 1.82) is 0 Å². The number of rotatable bonds is 5. The Bertz CT molecular complexity index is 1090. The highest BCUT2D eigenvalue weighted by Gasteiger charge is 2.22. The van der Waals surface area contributed by atoms with Gasteiger partial charge in [-0.1, -0.05) is 12.1 Å². The summed E-state index contributed by atoms with van der Waals surface area (Å²) in [5.74, 6) is -0.396. The van der Waals surface area contributed by atoms with E-state index >= 15 is 0 Å². The molecule has 1 N–H and O–H groups in total. The number of ether oxygens (including phenoxy) is 1. The Labute approximate surface area is 177 Å². The Morgan fingerprint density at radius 3 is 2.73 bits per heavy atom. The van der Waals surface area contributed by atoms with Crippen molar-refractivity contribution in [2.24, 2.45) is 0 Å². The van der Waals surface area contributed by atoms with Crippen LogP contribution in [0.25, 0.3) is 11.3 Å². The van der Waals surface area contributed by atoms with Crippen molar-refractivity contribution in [2.45, 2.75) is 6.92 Å². The molecule has 1 aliphatic rings. The normalized spacial score (nSPS) is 13.8. The van der Waals surface area contributed by atoms with Crippen LogP contribution in [0.4, 0.5) is 17.1 Å². The number of thiazole rings is 1. The van der Waals surface area contributed by atoms with Crippen molar-refractivity contribution in [1.82, 2.24) is 4.98 Å². The average Bonchev–Trinajstić information content (AvgIpc) is 3.20. The van der Waals surface area contributed by atoms with E-state index in [0.717, 1.165) is 16.3 Å². The van der Waals surface area contributed by atoms with E-state index in [1.807, 2.05) is 35.4 Å². The summed E-state index contributed by atoms with van der Waals surface area (Å²) in [5, 5.41) is 17.1. The number of nitro benzene ring substituents is 1. The summed E-state index contributed by atoms with van der Waals surface area (Å²) in [6.07, 6.45) is 0. The Morgan fingerprint density at radius 2 is 2.03 bits per heavy atom. The Morgan fingerprint density at radius 1 is 1.23 bits per heavy atom. The fourth-order valence-electron chi connectivity index (χ4n) is 3.35. The minimum atomic E-state index is -0.495. The van der Waals surface area contributed by atoms with Crippen molar-refractivity contribution in [3.05, 3.63) is 68.5 Å². The summed E-state index contributed by atoms with van der Waals surface area (Å²) in [5.41, 5.74) is 3.14. The predicted molar refractivity (Wildman–Crippen MR) is 116 cm³/mol. The maximum absolute atomic E-state index is 13.1. The van der Waals surface area contributed by atoms with Crippen molar-refractivity contribution >= 4 is 34.3 Å². The van der Waals surface area contributed by atoms with E-state index in [0.29, 0.717) is 37.7 Å². The first kappa shape index (κ1) is 20.0. The number of amides is 1. The molecule has 0 saturated carbocycles. The van der Waals surface area contributed by atoms with Crippen LogP contribution in [0.3, 0.4) is 0 Å². The summed E-state index contributed by atoms with van der Waals surface area (Å²) in [6, 6.07) is 11.8. The molecule has 1 aliphatic heterocycles. The molecule has 4 rings (SSSR count). The maximum atomic E-state index is 13.1. The molecule has 154 valence electrons. The Hall–Kier alpha value is -3.30. The summed E-state index contributed by atoms with van der Waals surface area (Å²) >= 11 is 1.56. The van der Waals surface area contributed by atoms with Gasteiger partial charge in [0.05, 0.1) is 40.1 Å². The number of nitro groups is 1. The van der Waals surface area contributed by atoms with Gasteiger partial charge in [-0.05, 0) is 25.1 Å². The predicted octanol–water partition coefficient (Wildman–Crippen LogP) is 4.12. The number of carbonyl (C=O) groups excluding carboxylic acids is 1.